The van der Waals surface area contributed by atoms with Crippen LogP contribution in [0.5, 0.6) is 0 Å². The largest absolute Gasteiger partial charge is 0.338 e. The third-order valence-corrected chi connectivity index (χ3v) is 7.39. The number of aromatic nitrogens is 3. The molecule has 7 nitrogen and oxygen atoms in total. The molecule has 0 saturated carbocycles. The number of aryl methyl sites for hydroxylation is 1. The molecule has 0 aliphatic carbocycles. The molecule has 1 fully saturated rings. The van der Waals surface area contributed by atoms with Crippen LogP contribution in [0.25, 0.3) is 11.4 Å². The van der Waals surface area contributed by atoms with E-state index in [0.29, 0.717) is 23.9 Å². The molecule has 1 N–H and O–H groups in total. The maximum absolute atomic E-state index is 12.8. The van der Waals surface area contributed by atoms with E-state index < -0.39 is 15.1 Å². The maximum atomic E-state index is 12.8. The highest BCUT2D eigenvalue weighted by Gasteiger charge is 2.35. The van der Waals surface area contributed by atoms with Crippen molar-refractivity contribution in [3.05, 3.63) is 29.8 Å². The summed E-state index contributed by atoms with van der Waals surface area (Å²) in [6.07, 6.45) is 0.511. The Morgan fingerprint density at radius 1 is 1.37 bits per heavy atom. The Bertz CT molecular complexity index is 909. The van der Waals surface area contributed by atoms with Crippen LogP contribution >= 0.6 is 11.8 Å². The molecule has 0 unspecified atom stereocenters. The van der Waals surface area contributed by atoms with Gasteiger partial charge in [0.25, 0.3) is 0 Å². The maximum Gasteiger partial charge on any atom is 0.236 e. The van der Waals surface area contributed by atoms with Crippen molar-refractivity contribution in [2.45, 2.75) is 43.6 Å². The summed E-state index contributed by atoms with van der Waals surface area (Å²) in [5.41, 5.74) is 2.10. The number of nitrogens with one attached hydrogen (secondary N) is 1. The number of nitrogens with zero attached hydrogens (tertiary/aromatic N) is 3. The van der Waals surface area contributed by atoms with E-state index in [0.717, 1.165) is 5.56 Å². The van der Waals surface area contributed by atoms with E-state index in [-0.39, 0.29) is 23.5 Å². The number of sulfone groups is 1. The van der Waals surface area contributed by atoms with Gasteiger partial charge in [0.05, 0.1) is 16.8 Å². The van der Waals surface area contributed by atoms with Crippen LogP contribution in [0.3, 0.4) is 0 Å². The number of benzene rings is 1. The van der Waals surface area contributed by atoms with Crippen LogP contribution in [0.15, 0.2) is 29.4 Å². The van der Waals surface area contributed by atoms with Gasteiger partial charge in [-0.3, -0.25) is 9.89 Å². The van der Waals surface area contributed by atoms with Crippen LogP contribution < -0.4 is 0 Å². The summed E-state index contributed by atoms with van der Waals surface area (Å²) in [6, 6.07) is 7.72. The van der Waals surface area contributed by atoms with E-state index in [1.165, 1.54) is 17.3 Å². The van der Waals surface area contributed by atoms with Crippen LogP contribution in [-0.2, 0) is 14.6 Å². The second-order valence-corrected chi connectivity index (χ2v) is 10.3. The molecule has 0 radical (unpaired) electrons. The van der Waals surface area contributed by atoms with Crippen molar-refractivity contribution in [2.24, 2.45) is 0 Å². The van der Waals surface area contributed by atoms with Crippen molar-refractivity contribution in [3.8, 4) is 11.4 Å². The number of carbonyl (C=O) groups is 1. The molecule has 3 rings (SSSR count). The first-order chi connectivity index (χ1) is 12.8. The molecule has 2 aromatic rings. The quantitative estimate of drug-likeness (QED) is 0.737. The lowest BCUT2D eigenvalue weighted by Gasteiger charge is -2.29. The smallest absolute Gasteiger partial charge is 0.236 e. The summed E-state index contributed by atoms with van der Waals surface area (Å²) < 4.78 is 23.5. The molecule has 0 spiro atoms. The molecule has 2 heterocycles. The summed E-state index contributed by atoms with van der Waals surface area (Å²) in [5.74, 6) is 0.795. The van der Waals surface area contributed by atoms with E-state index in [4.69, 9.17) is 0 Å². The standard InChI is InChI=1S/C18H24N4O3S2/c1-4-22(15-9-10-27(24,25)11-15)17(23)13(3)26-18-19-16(20-21-18)14-7-5-12(2)6-8-14/h5-8,13,15H,4,9-11H2,1-3H3,(H,19,20,21)/t13-,15-/m0/s1. The first-order valence-corrected chi connectivity index (χ1v) is 11.7. The van der Waals surface area contributed by atoms with Crippen molar-refractivity contribution in [1.82, 2.24) is 20.1 Å². The zero-order valence-corrected chi connectivity index (χ0v) is 17.3. The third kappa shape index (κ3) is 4.70. The predicted molar refractivity (Wildman–Crippen MR) is 106 cm³/mol. The van der Waals surface area contributed by atoms with Gasteiger partial charge >= 0.3 is 0 Å². The summed E-state index contributed by atoms with van der Waals surface area (Å²) in [5, 5.41) is 7.22. The van der Waals surface area contributed by atoms with Crippen LogP contribution in [0, 0.1) is 6.92 Å². The van der Waals surface area contributed by atoms with Crippen molar-refractivity contribution < 1.29 is 13.2 Å². The van der Waals surface area contributed by atoms with Crippen LogP contribution in [-0.4, -0.2) is 63.7 Å². The van der Waals surface area contributed by atoms with Gasteiger partial charge in [-0.05, 0) is 27.2 Å². The second kappa shape index (κ2) is 8.02. The number of thioether (sulfide) groups is 1. The number of hydrogen-bond acceptors (Lipinski definition) is 6. The molecule has 1 saturated heterocycles. The van der Waals surface area contributed by atoms with Gasteiger partial charge in [0.1, 0.15) is 0 Å². The normalized spacial score (nSPS) is 19.7. The molecule has 27 heavy (non-hydrogen) atoms. The first kappa shape index (κ1) is 19.9. The monoisotopic (exact) mass is 408 g/mol. The molecule has 9 heteroatoms. The molecule has 146 valence electrons. The highest BCUT2D eigenvalue weighted by atomic mass is 32.2. The molecule has 1 aromatic carbocycles. The van der Waals surface area contributed by atoms with Crippen molar-refractivity contribution in [3.63, 3.8) is 0 Å². The minimum atomic E-state index is -3.03. The zero-order chi connectivity index (χ0) is 19.6. The molecule has 1 amide bonds. The van der Waals surface area contributed by atoms with Gasteiger partial charge in [0.15, 0.2) is 15.7 Å². The van der Waals surface area contributed by atoms with E-state index in [2.05, 4.69) is 15.2 Å². The topological polar surface area (TPSA) is 96.0 Å². The molecular formula is C18H24N4O3S2. The Kier molecular flexibility index (Phi) is 5.90. The van der Waals surface area contributed by atoms with Gasteiger partial charge in [-0.15, -0.1) is 5.10 Å². The number of amides is 1. The van der Waals surface area contributed by atoms with Crippen molar-refractivity contribution in [1.29, 1.82) is 0 Å². The number of carbonyl (C=O) groups excluding carboxylic acids is 1. The Labute approximate surface area is 163 Å². The Morgan fingerprint density at radius 3 is 2.67 bits per heavy atom. The first-order valence-electron chi connectivity index (χ1n) is 8.96. The van der Waals surface area contributed by atoms with Gasteiger partial charge in [0, 0.05) is 18.2 Å². The second-order valence-electron chi connectivity index (χ2n) is 6.77. The lowest BCUT2D eigenvalue weighted by Crippen LogP contribution is -2.44. The highest BCUT2D eigenvalue weighted by Crippen LogP contribution is 2.26. The van der Waals surface area contributed by atoms with Crippen LogP contribution in [0.2, 0.25) is 0 Å². The average Bonchev–Trinajstić information content (AvgIpc) is 3.22. The van der Waals surface area contributed by atoms with Crippen molar-refractivity contribution in [2.75, 3.05) is 18.1 Å². The number of hydrogen-bond donors (Lipinski definition) is 1. The lowest BCUT2D eigenvalue weighted by molar-refractivity contribution is -0.131. The van der Waals surface area contributed by atoms with E-state index in [9.17, 15) is 13.2 Å². The predicted octanol–water partition coefficient (Wildman–Crippen LogP) is 2.30. The van der Waals surface area contributed by atoms with Crippen LogP contribution in [0.1, 0.15) is 25.8 Å². The molecular weight excluding hydrogens is 384 g/mol. The fourth-order valence-corrected chi connectivity index (χ4v) is 5.72. The van der Waals surface area contributed by atoms with Gasteiger partial charge in [-0.2, -0.15) is 0 Å². The average molecular weight is 409 g/mol. The van der Waals surface area contributed by atoms with Crippen LogP contribution in [0.4, 0.5) is 0 Å². The molecule has 1 aromatic heterocycles. The summed E-state index contributed by atoms with van der Waals surface area (Å²) in [4.78, 5) is 19.0. The van der Waals surface area contributed by atoms with Gasteiger partial charge in [-0.25, -0.2) is 13.4 Å². The molecule has 1 aliphatic rings. The van der Waals surface area contributed by atoms with E-state index >= 15 is 0 Å². The SMILES string of the molecule is CCN(C(=O)[C@H](C)Sc1n[nH]c(-c2ccc(C)cc2)n1)[C@H]1CCS(=O)(=O)C1. The summed E-state index contributed by atoms with van der Waals surface area (Å²) in [7, 11) is -3.03. The van der Waals surface area contributed by atoms with E-state index in [1.807, 2.05) is 38.1 Å². The Hall–Kier alpha value is -1.87. The minimum absolute atomic E-state index is 0.0577. The number of H-pyrrole nitrogens is 1. The minimum Gasteiger partial charge on any atom is -0.338 e. The number of rotatable bonds is 6. The highest BCUT2D eigenvalue weighted by molar-refractivity contribution is 8.00. The van der Waals surface area contributed by atoms with E-state index in [1.54, 1.807) is 11.8 Å². The number of aromatic amines is 1. The zero-order valence-electron chi connectivity index (χ0n) is 15.7. The Balaban J connectivity index is 1.66. The molecule has 2 atom stereocenters. The van der Waals surface area contributed by atoms with Gasteiger partial charge in [0.2, 0.25) is 11.1 Å². The fourth-order valence-electron chi connectivity index (χ4n) is 3.20. The summed E-state index contributed by atoms with van der Waals surface area (Å²) >= 11 is 1.28. The lowest BCUT2D eigenvalue weighted by atomic mass is 10.1. The third-order valence-electron chi connectivity index (χ3n) is 4.69. The fraction of sp³-hybridized carbons (Fsp3) is 0.500. The summed E-state index contributed by atoms with van der Waals surface area (Å²) in [6.45, 7) is 6.20. The van der Waals surface area contributed by atoms with Gasteiger partial charge in [-0.1, -0.05) is 41.6 Å². The van der Waals surface area contributed by atoms with Gasteiger partial charge < -0.3 is 4.90 Å². The molecule has 1 aliphatic heterocycles. The molecule has 0 bridgehead atoms. The Morgan fingerprint density at radius 2 is 2.07 bits per heavy atom. The van der Waals surface area contributed by atoms with Crippen molar-refractivity contribution >= 4 is 27.5 Å².